The van der Waals surface area contributed by atoms with Gasteiger partial charge in [-0.05, 0) is 24.3 Å². The lowest BCUT2D eigenvalue weighted by Crippen LogP contribution is -2.14. The van der Waals surface area contributed by atoms with E-state index in [-0.39, 0.29) is 11.3 Å². The third-order valence-corrected chi connectivity index (χ3v) is 2.94. The van der Waals surface area contributed by atoms with Crippen LogP contribution in [0.2, 0.25) is 5.02 Å². The molecule has 0 spiro atoms. The Bertz CT molecular complexity index is 802. The molecule has 0 saturated heterocycles. The molecule has 0 aliphatic carbocycles. The fraction of sp³-hybridized carbons (Fsp3) is 0. The maximum atomic E-state index is 12.1. The molecule has 6 heteroatoms. The Hall–Kier alpha value is -2.53. The van der Waals surface area contributed by atoms with E-state index in [9.17, 15) is 4.79 Å². The van der Waals surface area contributed by atoms with Crippen LogP contribution < -0.4 is 5.56 Å². The van der Waals surface area contributed by atoms with Crippen molar-refractivity contribution in [1.82, 2.24) is 20.2 Å². The van der Waals surface area contributed by atoms with Crippen LogP contribution >= 0.6 is 11.6 Å². The molecule has 3 aromatic rings. The average molecular weight is 285 g/mol. The molecule has 0 bridgehead atoms. The second kappa shape index (κ2) is 5.22. The quantitative estimate of drug-likeness (QED) is 0.785. The smallest absolute Gasteiger partial charge is 0.278 e. The normalized spacial score (nSPS) is 10.4. The molecule has 5 nitrogen and oxygen atoms in total. The Kier molecular flexibility index (Phi) is 3.26. The van der Waals surface area contributed by atoms with Crippen LogP contribution in [0.25, 0.3) is 22.8 Å². The Morgan fingerprint density at radius 2 is 1.95 bits per heavy atom. The van der Waals surface area contributed by atoms with Gasteiger partial charge in [-0.1, -0.05) is 29.8 Å². The van der Waals surface area contributed by atoms with E-state index in [4.69, 9.17) is 11.6 Å². The number of aromatic amines is 1. The molecule has 98 valence electrons. The molecule has 1 N–H and O–H groups in total. The summed E-state index contributed by atoms with van der Waals surface area (Å²) < 4.78 is 0. The first-order chi connectivity index (χ1) is 9.74. The molecule has 20 heavy (non-hydrogen) atoms. The van der Waals surface area contributed by atoms with Gasteiger partial charge < -0.3 is 4.98 Å². The number of H-pyrrole nitrogens is 1. The van der Waals surface area contributed by atoms with Gasteiger partial charge in [0.15, 0.2) is 11.5 Å². The SMILES string of the molecule is O=c1[nH]c(-c2ccccn2)nnc1-c1cccc(Cl)c1. The van der Waals surface area contributed by atoms with Gasteiger partial charge in [0.1, 0.15) is 5.69 Å². The Morgan fingerprint density at radius 3 is 2.65 bits per heavy atom. The molecule has 2 heterocycles. The predicted molar refractivity (Wildman–Crippen MR) is 76.3 cm³/mol. The molecule has 1 aromatic carbocycles. The number of hydrogen-bond donors (Lipinski definition) is 1. The van der Waals surface area contributed by atoms with Crippen molar-refractivity contribution in [3.63, 3.8) is 0 Å². The average Bonchev–Trinajstić information content (AvgIpc) is 2.48. The summed E-state index contributed by atoms with van der Waals surface area (Å²) in [6, 6.07) is 12.3. The summed E-state index contributed by atoms with van der Waals surface area (Å²) in [5.74, 6) is 0.335. The number of benzene rings is 1. The zero-order valence-electron chi connectivity index (χ0n) is 10.2. The highest BCUT2D eigenvalue weighted by Gasteiger charge is 2.09. The zero-order chi connectivity index (χ0) is 13.9. The van der Waals surface area contributed by atoms with Gasteiger partial charge in [0, 0.05) is 16.8 Å². The second-order valence-electron chi connectivity index (χ2n) is 4.08. The van der Waals surface area contributed by atoms with Crippen molar-refractivity contribution < 1.29 is 0 Å². The van der Waals surface area contributed by atoms with Gasteiger partial charge in [-0.15, -0.1) is 10.2 Å². The van der Waals surface area contributed by atoms with Gasteiger partial charge in [0.05, 0.1) is 0 Å². The summed E-state index contributed by atoms with van der Waals surface area (Å²) in [5, 5.41) is 8.52. The number of aromatic nitrogens is 4. The summed E-state index contributed by atoms with van der Waals surface area (Å²) >= 11 is 5.90. The minimum absolute atomic E-state index is 0.229. The third-order valence-electron chi connectivity index (χ3n) is 2.70. The largest absolute Gasteiger partial charge is 0.302 e. The van der Waals surface area contributed by atoms with Crippen LogP contribution in [0.3, 0.4) is 0 Å². The van der Waals surface area contributed by atoms with E-state index in [2.05, 4.69) is 20.2 Å². The summed E-state index contributed by atoms with van der Waals surface area (Å²) in [7, 11) is 0. The monoisotopic (exact) mass is 284 g/mol. The van der Waals surface area contributed by atoms with Gasteiger partial charge in [-0.3, -0.25) is 9.78 Å². The van der Waals surface area contributed by atoms with Gasteiger partial charge in [0.25, 0.3) is 5.56 Å². The molecule has 0 fully saturated rings. The van der Waals surface area contributed by atoms with Crippen molar-refractivity contribution in [2.75, 3.05) is 0 Å². The van der Waals surface area contributed by atoms with Crippen LogP contribution in [0.1, 0.15) is 0 Å². The second-order valence-corrected chi connectivity index (χ2v) is 4.51. The van der Waals surface area contributed by atoms with E-state index in [1.54, 1.807) is 42.6 Å². The highest BCUT2D eigenvalue weighted by molar-refractivity contribution is 6.30. The van der Waals surface area contributed by atoms with Gasteiger partial charge >= 0.3 is 0 Å². The van der Waals surface area contributed by atoms with Crippen LogP contribution in [0.4, 0.5) is 0 Å². The fourth-order valence-electron chi connectivity index (χ4n) is 1.78. The summed E-state index contributed by atoms with van der Waals surface area (Å²) in [5.41, 5.74) is 1.09. The highest BCUT2D eigenvalue weighted by atomic mass is 35.5. The standard InChI is InChI=1S/C14H9ClN4O/c15-10-5-3-4-9(8-10)12-14(20)17-13(19-18-12)11-6-1-2-7-16-11/h1-8H,(H,17,19,20). The zero-order valence-corrected chi connectivity index (χ0v) is 11.0. The van der Waals surface area contributed by atoms with E-state index in [1.165, 1.54) is 0 Å². The first-order valence-electron chi connectivity index (χ1n) is 5.88. The first-order valence-corrected chi connectivity index (χ1v) is 6.26. The number of hydrogen-bond acceptors (Lipinski definition) is 4. The molecule has 3 rings (SSSR count). The highest BCUT2D eigenvalue weighted by Crippen LogP contribution is 2.18. The molecule has 0 atom stereocenters. The molecule has 0 saturated carbocycles. The lowest BCUT2D eigenvalue weighted by Gasteiger charge is -2.02. The predicted octanol–water partition coefficient (Wildman–Crippen LogP) is 2.55. The topological polar surface area (TPSA) is 71.5 Å². The van der Waals surface area contributed by atoms with Crippen molar-refractivity contribution >= 4 is 11.6 Å². The molecule has 2 aromatic heterocycles. The number of nitrogens with zero attached hydrogens (tertiary/aromatic N) is 3. The Morgan fingerprint density at radius 1 is 1.05 bits per heavy atom. The first kappa shape index (κ1) is 12.5. The van der Waals surface area contributed by atoms with Crippen LogP contribution in [0.5, 0.6) is 0 Å². The molecule has 0 aliphatic heterocycles. The number of pyridine rings is 1. The van der Waals surface area contributed by atoms with E-state index in [1.807, 2.05) is 6.07 Å². The minimum Gasteiger partial charge on any atom is -0.302 e. The summed E-state index contributed by atoms with van der Waals surface area (Å²) in [4.78, 5) is 18.9. The van der Waals surface area contributed by atoms with Crippen molar-refractivity contribution in [1.29, 1.82) is 0 Å². The number of halogens is 1. The van der Waals surface area contributed by atoms with Crippen molar-refractivity contribution in [2.24, 2.45) is 0 Å². The lowest BCUT2D eigenvalue weighted by atomic mass is 10.2. The molecule has 0 aliphatic rings. The van der Waals surface area contributed by atoms with Gasteiger partial charge in [-0.25, -0.2) is 0 Å². The van der Waals surface area contributed by atoms with Crippen LogP contribution in [0, 0.1) is 0 Å². The van der Waals surface area contributed by atoms with Crippen LogP contribution in [-0.4, -0.2) is 20.2 Å². The maximum Gasteiger partial charge on any atom is 0.278 e. The van der Waals surface area contributed by atoms with Crippen molar-refractivity contribution in [2.45, 2.75) is 0 Å². The van der Waals surface area contributed by atoms with E-state index < -0.39 is 0 Å². The maximum absolute atomic E-state index is 12.1. The van der Waals surface area contributed by atoms with E-state index in [0.29, 0.717) is 22.1 Å². The molecular formula is C14H9ClN4O. The molecule has 0 unspecified atom stereocenters. The summed E-state index contributed by atoms with van der Waals surface area (Å²) in [6.07, 6.45) is 1.63. The lowest BCUT2D eigenvalue weighted by molar-refractivity contribution is 0.954. The molecular weight excluding hydrogens is 276 g/mol. The van der Waals surface area contributed by atoms with Crippen LogP contribution in [-0.2, 0) is 0 Å². The minimum atomic E-state index is -0.331. The van der Waals surface area contributed by atoms with Crippen LogP contribution in [0.15, 0.2) is 53.5 Å². The van der Waals surface area contributed by atoms with Crippen molar-refractivity contribution in [3.05, 3.63) is 64.0 Å². The van der Waals surface area contributed by atoms with E-state index in [0.717, 1.165) is 0 Å². The Labute approximate surface area is 119 Å². The van der Waals surface area contributed by atoms with E-state index >= 15 is 0 Å². The summed E-state index contributed by atoms with van der Waals surface area (Å²) in [6.45, 7) is 0. The van der Waals surface area contributed by atoms with Gasteiger partial charge in [0.2, 0.25) is 0 Å². The Balaban J connectivity index is 2.07. The number of nitrogens with one attached hydrogen (secondary N) is 1. The molecule has 0 radical (unpaired) electrons. The number of rotatable bonds is 2. The van der Waals surface area contributed by atoms with Gasteiger partial charge in [-0.2, -0.15) is 0 Å². The van der Waals surface area contributed by atoms with Crippen molar-refractivity contribution in [3.8, 4) is 22.8 Å². The molecule has 0 amide bonds. The fourth-order valence-corrected chi connectivity index (χ4v) is 1.97. The third kappa shape index (κ3) is 2.44.